The molecule has 1 aliphatic carbocycles. The molecule has 1 saturated carbocycles. The molecule has 0 heterocycles. The smallest absolute Gasteiger partial charge is 0.0991 e. The van der Waals surface area contributed by atoms with E-state index in [9.17, 15) is 0 Å². The van der Waals surface area contributed by atoms with Crippen molar-refractivity contribution in [1.29, 1.82) is 0 Å². The van der Waals surface area contributed by atoms with E-state index in [2.05, 4.69) is 33.0 Å². The van der Waals surface area contributed by atoms with E-state index >= 15 is 0 Å². The minimum Gasteiger partial charge on any atom is -0.382 e. The highest BCUT2D eigenvalue weighted by molar-refractivity contribution is 4.97. The van der Waals surface area contributed by atoms with E-state index in [0.29, 0.717) is 24.7 Å². The van der Waals surface area contributed by atoms with Gasteiger partial charge in [0, 0.05) is 19.8 Å². The first-order chi connectivity index (χ1) is 8.98. The Labute approximate surface area is 118 Å². The van der Waals surface area contributed by atoms with Crippen LogP contribution < -0.4 is 5.32 Å². The summed E-state index contributed by atoms with van der Waals surface area (Å²) in [6, 6.07) is 0.432. The number of hydrogen-bond donors (Lipinski definition) is 1. The molecule has 0 spiro atoms. The molecule has 0 amide bonds. The Morgan fingerprint density at radius 3 is 2.42 bits per heavy atom. The SMILES string of the molecule is CCNC1CC(OCCC(C)(C)C)C1OCCOC. The van der Waals surface area contributed by atoms with Crippen molar-refractivity contribution >= 4 is 0 Å². The first kappa shape index (κ1) is 16.9. The zero-order valence-electron chi connectivity index (χ0n) is 13.2. The van der Waals surface area contributed by atoms with Gasteiger partial charge in [-0.05, 0) is 24.8 Å². The fraction of sp³-hybridized carbons (Fsp3) is 1.00. The molecule has 1 N–H and O–H groups in total. The number of rotatable bonds is 9. The lowest BCUT2D eigenvalue weighted by molar-refractivity contribution is -0.154. The average molecular weight is 273 g/mol. The van der Waals surface area contributed by atoms with Crippen molar-refractivity contribution in [2.24, 2.45) is 5.41 Å². The predicted octanol–water partition coefficient (Wildman–Crippen LogP) is 2.22. The van der Waals surface area contributed by atoms with E-state index in [1.165, 1.54) is 0 Å². The predicted molar refractivity (Wildman–Crippen MR) is 77.5 cm³/mol. The van der Waals surface area contributed by atoms with Gasteiger partial charge in [-0.2, -0.15) is 0 Å². The van der Waals surface area contributed by atoms with Gasteiger partial charge in [-0.1, -0.05) is 27.7 Å². The molecular weight excluding hydrogens is 242 g/mol. The topological polar surface area (TPSA) is 39.7 Å². The third kappa shape index (κ3) is 6.21. The Morgan fingerprint density at radius 2 is 1.84 bits per heavy atom. The average Bonchev–Trinajstić information content (AvgIpc) is 2.31. The minimum atomic E-state index is 0.176. The number of hydrogen-bond acceptors (Lipinski definition) is 4. The molecule has 1 rings (SSSR count). The molecule has 0 saturated heterocycles. The molecule has 0 radical (unpaired) electrons. The number of nitrogens with one attached hydrogen (secondary N) is 1. The molecular formula is C15H31NO3. The van der Waals surface area contributed by atoms with Gasteiger partial charge in [0.1, 0.15) is 0 Å². The molecule has 0 aromatic carbocycles. The summed E-state index contributed by atoms with van der Waals surface area (Å²) >= 11 is 0. The second kappa shape index (κ2) is 8.20. The summed E-state index contributed by atoms with van der Waals surface area (Å²) in [6.07, 6.45) is 2.55. The molecule has 0 aromatic rings. The van der Waals surface area contributed by atoms with Crippen molar-refractivity contribution < 1.29 is 14.2 Å². The van der Waals surface area contributed by atoms with Crippen LogP contribution in [-0.4, -0.2) is 51.7 Å². The maximum atomic E-state index is 5.97. The third-order valence-electron chi connectivity index (χ3n) is 3.50. The van der Waals surface area contributed by atoms with Gasteiger partial charge in [0.2, 0.25) is 0 Å². The van der Waals surface area contributed by atoms with Crippen LogP contribution in [0.3, 0.4) is 0 Å². The lowest BCUT2D eigenvalue weighted by Crippen LogP contribution is -2.60. The fourth-order valence-electron chi connectivity index (χ4n) is 2.21. The van der Waals surface area contributed by atoms with Crippen molar-refractivity contribution in [2.75, 3.05) is 33.5 Å². The summed E-state index contributed by atoms with van der Waals surface area (Å²) in [5.41, 5.74) is 0.331. The van der Waals surface area contributed by atoms with E-state index in [-0.39, 0.29) is 12.2 Å². The van der Waals surface area contributed by atoms with Crippen LogP contribution in [0, 0.1) is 5.41 Å². The molecule has 4 nitrogen and oxygen atoms in total. The summed E-state index contributed by atoms with van der Waals surface area (Å²) in [5.74, 6) is 0. The summed E-state index contributed by atoms with van der Waals surface area (Å²) in [4.78, 5) is 0. The molecule has 114 valence electrons. The van der Waals surface area contributed by atoms with Crippen LogP contribution in [-0.2, 0) is 14.2 Å². The second-order valence-electron chi connectivity index (χ2n) is 6.45. The van der Waals surface area contributed by atoms with Gasteiger partial charge in [-0.25, -0.2) is 0 Å². The van der Waals surface area contributed by atoms with E-state index < -0.39 is 0 Å². The zero-order chi connectivity index (χ0) is 14.3. The van der Waals surface area contributed by atoms with Crippen LogP contribution in [0.15, 0.2) is 0 Å². The Balaban J connectivity index is 2.27. The van der Waals surface area contributed by atoms with Crippen molar-refractivity contribution in [3.8, 4) is 0 Å². The van der Waals surface area contributed by atoms with Gasteiger partial charge in [-0.15, -0.1) is 0 Å². The maximum Gasteiger partial charge on any atom is 0.0991 e. The first-order valence-corrected chi connectivity index (χ1v) is 7.43. The molecule has 4 heteroatoms. The first-order valence-electron chi connectivity index (χ1n) is 7.43. The monoisotopic (exact) mass is 273 g/mol. The van der Waals surface area contributed by atoms with Gasteiger partial charge in [0.15, 0.2) is 0 Å². The lowest BCUT2D eigenvalue weighted by atomic mass is 9.85. The maximum absolute atomic E-state index is 5.97. The molecule has 1 fully saturated rings. The Kier molecular flexibility index (Phi) is 7.29. The van der Waals surface area contributed by atoms with Crippen molar-refractivity contribution in [2.45, 2.75) is 58.8 Å². The van der Waals surface area contributed by atoms with E-state index in [0.717, 1.165) is 26.0 Å². The Morgan fingerprint density at radius 1 is 1.11 bits per heavy atom. The van der Waals surface area contributed by atoms with E-state index in [1.807, 2.05) is 0 Å². The lowest BCUT2D eigenvalue weighted by Gasteiger charge is -2.44. The summed E-state index contributed by atoms with van der Waals surface area (Å²) in [6.45, 7) is 11.9. The van der Waals surface area contributed by atoms with Gasteiger partial charge < -0.3 is 19.5 Å². The third-order valence-corrected chi connectivity index (χ3v) is 3.50. The number of methoxy groups -OCH3 is 1. The highest BCUT2D eigenvalue weighted by atomic mass is 16.6. The second-order valence-corrected chi connectivity index (χ2v) is 6.45. The molecule has 0 bridgehead atoms. The highest BCUT2D eigenvalue weighted by Crippen LogP contribution is 2.28. The summed E-state index contributed by atoms with van der Waals surface area (Å²) in [5, 5.41) is 3.45. The molecule has 1 aliphatic rings. The number of ether oxygens (including phenoxy) is 3. The van der Waals surface area contributed by atoms with Crippen LogP contribution in [0.1, 0.15) is 40.5 Å². The normalized spacial score (nSPS) is 27.3. The number of likely N-dealkylation sites (N-methyl/N-ethyl adjacent to an activating group) is 1. The molecule has 0 aromatic heterocycles. The quantitative estimate of drug-likeness (QED) is 0.654. The summed E-state index contributed by atoms with van der Waals surface area (Å²) in [7, 11) is 1.70. The standard InChI is InChI=1S/C15H31NO3/c1-6-16-12-11-13(14(12)19-10-9-17-5)18-8-7-15(2,3)4/h12-14,16H,6-11H2,1-5H3. The van der Waals surface area contributed by atoms with Gasteiger partial charge >= 0.3 is 0 Å². The van der Waals surface area contributed by atoms with Gasteiger partial charge in [-0.3, -0.25) is 0 Å². The molecule has 19 heavy (non-hydrogen) atoms. The van der Waals surface area contributed by atoms with Crippen molar-refractivity contribution in [1.82, 2.24) is 5.32 Å². The Bertz CT molecular complexity index is 240. The van der Waals surface area contributed by atoms with Crippen LogP contribution in [0.25, 0.3) is 0 Å². The fourth-order valence-corrected chi connectivity index (χ4v) is 2.21. The van der Waals surface area contributed by atoms with Crippen molar-refractivity contribution in [3.05, 3.63) is 0 Å². The zero-order valence-corrected chi connectivity index (χ0v) is 13.2. The Hall–Kier alpha value is -0.160. The highest BCUT2D eigenvalue weighted by Gasteiger charge is 2.42. The largest absolute Gasteiger partial charge is 0.382 e. The van der Waals surface area contributed by atoms with Crippen LogP contribution in [0.2, 0.25) is 0 Å². The van der Waals surface area contributed by atoms with Crippen LogP contribution >= 0.6 is 0 Å². The van der Waals surface area contributed by atoms with Crippen LogP contribution in [0.5, 0.6) is 0 Å². The van der Waals surface area contributed by atoms with E-state index in [4.69, 9.17) is 14.2 Å². The molecule has 3 atom stereocenters. The minimum absolute atomic E-state index is 0.176. The summed E-state index contributed by atoms with van der Waals surface area (Å²) < 4.78 is 16.9. The van der Waals surface area contributed by atoms with Gasteiger partial charge in [0.05, 0.1) is 25.4 Å². The molecule has 3 unspecified atom stereocenters. The van der Waals surface area contributed by atoms with Crippen LogP contribution in [0.4, 0.5) is 0 Å². The van der Waals surface area contributed by atoms with E-state index in [1.54, 1.807) is 7.11 Å². The molecule has 0 aliphatic heterocycles. The van der Waals surface area contributed by atoms with Crippen molar-refractivity contribution in [3.63, 3.8) is 0 Å². The van der Waals surface area contributed by atoms with Gasteiger partial charge in [0.25, 0.3) is 0 Å².